The Balaban J connectivity index is 2.22. The highest BCUT2D eigenvalue weighted by Gasteiger charge is 2.45. The first kappa shape index (κ1) is 15.3. The van der Waals surface area contributed by atoms with E-state index in [1.807, 2.05) is 20.9 Å². The second-order valence-corrected chi connectivity index (χ2v) is 5.71. The highest BCUT2D eigenvalue weighted by molar-refractivity contribution is 5.96. The molecule has 6 heteroatoms. The summed E-state index contributed by atoms with van der Waals surface area (Å²) in [6.45, 7) is 5.90. The van der Waals surface area contributed by atoms with Gasteiger partial charge in [0.1, 0.15) is 5.54 Å². The Morgan fingerprint density at radius 1 is 1.38 bits per heavy atom. The molecule has 0 spiro atoms. The number of carbonyl (C=O) groups excluding carboxylic acids is 1. The molecule has 2 rings (SSSR count). The summed E-state index contributed by atoms with van der Waals surface area (Å²) in [4.78, 5) is 25.1. The molecule has 1 aliphatic rings. The van der Waals surface area contributed by atoms with Crippen molar-refractivity contribution < 1.29 is 14.7 Å². The SMILES string of the molecule is Cc1nn(C)c(C)c1C=CC(=O)N1CCCC1(C)C(=O)O. The second kappa shape index (κ2) is 5.35. The Morgan fingerprint density at radius 2 is 2.05 bits per heavy atom. The number of carbonyl (C=O) groups is 2. The van der Waals surface area contributed by atoms with Crippen LogP contribution in [0.4, 0.5) is 0 Å². The summed E-state index contributed by atoms with van der Waals surface area (Å²) in [6, 6.07) is 0. The van der Waals surface area contributed by atoms with E-state index in [0.29, 0.717) is 19.4 Å². The fraction of sp³-hybridized carbons (Fsp3) is 0.533. The van der Waals surface area contributed by atoms with Gasteiger partial charge in [-0.3, -0.25) is 9.48 Å². The quantitative estimate of drug-likeness (QED) is 0.857. The van der Waals surface area contributed by atoms with Crippen LogP contribution in [0, 0.1) is 13.8 Å². The van der Waals surface area contributed by atoms with Crippen LogP contribution in [-0.2, 0) is 16.6 Å². The number of aliphatic carboxylic acids is 1. The predicted molar refractivity (Wildman–Crippen MR) is 78.7 cm³/mol. The van der Waals surface area contributed by atoms with Gasteiger partial charge >= 0.3 is 5.97 Å². The fourth-order valence-corrected chi connectivity index (χ4v) is 2.81. The molecule has 1 aromatic heterocycles. The minimum atomic E-state index is -1.10. The number of hydrogen-bond acceptors (Lipinski definition) is 3. The monoisotopic (exact) mass is 291 g/mol. The zero-order valence-corrected chi connectivity index (χ0v) is 12.9. The average Bonchev–Trinajstić information content (AvgIpc) is 2.91. The second-order valence-electron chi connectivity index (χ2n) is 5.71. The van der Waals surface area contributed by atoms with Gasteiger partial charge in [-0.15, -0.1) is 0 Å². The Bertz CT molecular complexity index is 618. The number of aryl methyl sites for hydroxylation is 2. The average molecular weight is 291 g/mol. The molecule has 0 aromatic carbocycles. The molecule has 0 saturated carbocycles. The number of nitrogens with zero attached hydrogens (tertiary/aromatic N) is 3. The third-order valence-electron chi connectivity index (χ3n) is 4.33. The van der Waals surface area contributed by atoms with E-state index in [0.717, 1.165) is 17.0 Å². The lowest BCUT2D eigenvalue weighted by molar-refractivity contribution is -0.153. The molecule has 1 amide bonds. The first-order valence-electron chi connectivity index (χ1n) is 7.00. The van der Waals surface area contributed by atoms with Gasteiger partial charge in [-0.05, 0) is 39.7 Å². The van der Waals surface area contributed by atoms with E-state index in [1.165, 1.54) is 11.0 Å². The maximum atomic E-state index is 12.3. The first-order valence-corrected chi connectivity index (χ1v) is 7.00. The highest BCUT2D eigenvalue weighted by Crippen LogP contribution is 2.29. The number of likely N-dealkylation sites (tertiary alicyclic amines) is 1. The van der Waals surface area contributed by atoms with Crippen molar-refractivity contribution >= 4 is 18.0 Å². The maximum Gasteiger partial charge on any atom is 0.329 e. The van der Waals surface area contributed by atoms with Crippen molar-refractivity contribution in [2.75, 3.05) is 6.54 Å². The third-order valence-corrected chi connectivity index (χ3v) is 4.33. The largest absolute Gasteiger partial charge is 0.480 e. The van der Waals surface area contributed by atoms with E-state index >= 15 is 0 Å². The molecular weight excluding hydrogens is 270 g/mol. The Hall–Kier alpha value is -2.11. The van der Waals surface area contributed by atoms with E-state index in [9.17, 15) is 14.7 Å². The molecule has 1 atom stereocenters. The molecule has 114 valence electrons. The van der Waals surface area contributed by atoms with Gasteiger partial charge in [-0.25, -0.2) is 4.79 Å². The topological polar surface area (TPSA) is 75.4 Å². The van der Waals surface area contributed by atoms with Gasteiger partial charge in [0.25, 0.3) is 0 Å². The van der Waals surface area contributed by atoms with Crippen molar-refractivity contribution in [3.63, 3.8) is 0 Å². The van der Waals surface area contributed by atoms with E-state index < -0.39 is 11.5 Å². The summed E-state index contributed by atoms with van der Waals surface area (Å²) >= 11 is 0. The minimum absolute atomic E-state index is 0.264. The van der Waals surface area contributed by atoms with Crippen LogP contribution < -0.4 is 0 Å². The van der Waals surface area contributed by atoms with Crippen LogP contribution in [0.1, 0.15) is 36.7 Å². The lowest BCUT2D eigenvalue weighted by Gasteiger charge is -2.30. The lowest BCUT2D eigenvalue weighted by Crippen LogP contribution is -2.50. The van der Waals surface area contributed by atoms with Gasteiger partial charge in [0, 0.05) is 30.9 Å². The number of aromatic nitrogens is 2. The molecule has 1 aromatic rings. The summed E-state index contributed by atoms with van der Waals surface area (Å²) in [5.74, 6) is -1.21. The van der Waals surface area contributed by atoms with Crippen LogP contribution >= 0.6 is 0 Å². The maximum absolute atomic E-state index is 12.3. The Morgan fingerprint density at radius 3 is 2.57 bits per heavy atom. The molecule has 2 heterocycles. The summed E-state index contributed by atoms with van der Waals surface area (Å²) in [7, 11) is 1.85. The first-order chi connectivity index (χ1) is 9.77. The normalized spacial score (nSPS) is 22.2. The summed E-state index contributed by atoms with van der Waals surface area (Å²) in [5.41, 5.74) is 1.63. The number of amides is 1. The van der Waals surface area contributed by atoms with Crippen molar-refractivity contribution in [1.82, 2.24) is 14.7 Å². The molecule has 1 saturated heterocycles. The van der Waals surface area contributed by atoms with Crippen molar-refractivity contribution in [2.24, 2.45) is 7.05 Å². The molecule has 1 aliphatic heterocycles. The van der Waals surface area contributed by atoms with E-state index in [-0.39, 0.29) is 5.91 Å². The zero-order valence-electron chi connectivity index (χ0n) is 12.9. The molecule has 0 bridgehead atoms. The van der Waals surface area contributed by atoms with Gasteiger partial charge < -0.3 is 10.0 Å². The smallest absolute Gasteiger partial charge is 0.329 e. The van der Waals surface area contributed by atoms with Gasteiger partial charge in [0.2, 0.25) is 5.91 Å². The third kappa shape index (κ3) is 2.57. The van der Waals surface area contributed by atoms with Crippen LogP contribution in [0.2, 0.25) is 0 Å². The van der Waals surface area contributed by atoms with Crippen molar-refractivity contribution in [1.29, 1.82) is 0 Å². The van der Waals surface area contributed by atoms with Crippen molar-refractivity contribution in [2.45, 2.75) is 39.2 Å². The van der Waals surface area contributed by atoms with Crippen molar-refractivity contribution in [3.05, 3.63) is 23.0 Å². The highest BCUT2D eigenvalue weighted by atomic mass is 16.4. The number of carboxylic acids is 1. The Labute approximate surface area is 124 Å². The van der Waals surface area contributed by atoms with Crippen molar-refractivity contribution in [3.8, 4) is 0 Å². The van der Waals surface area contributed by atoms with Crippen LogP contribution in [0.3, 0.4) is 0 Å². The van der Waals surface area contributed by atoms with E-state index in [1.54, 1.807) is 17.7 Å². The molecule has 21 heavy (non-hydrogen) atoms. The van der Waals surface area contributed by atoms with Crippen LogP contribution in [0.25, 0.3) is 6.08 Å². The molecule has 0 radical (unpaired) electrons. The van der Waals surface area contributed by atoms with E-state index in [4.69, 9.17) is 0 Å². The summed E-state index contributed by atoms with van der Waals surface area (Å²) in [5, 5.41) is 13.6. The lowest BCUT2D eigenvalue weighted by atomic mass is 9.99. The van der Waals surface area contributed by atoms with E-state index in [2.05, 4.69) is 5.10 Å². The van der Waals surface area contributed by atoms with Gasteiger partial charge in [-0.1, -0.05) is 0 Å². The minimum Gasteiger partial charge on any atom is -0.480 e. The molecule has 1 N–H and O–H groups in total. The van der Waals surface area contributed by atoms with Crippen LogP contribution in [-0.4, -0.2) is 43.7 Å². The number of hydrogen-bond donors (Lipinski definition) is 1. The predicted octanol–water partition coefficient (Wildman–Crippen LogP) is 1.52. The summed E-state index contributed by atoms with van der Waals surface area (Å²) in [6.07, 6.45) is 4.38. The van der Waals surface area contributed by atoms with Gasteiger partial charge in [0.15, 0.2) is 0 Å². The number of carboxylic acid groups (broad SMARTS) is 1. The molecule has 1 fully saturated rings. The molecule has 0 aliphatic carbocycles. The Kier molecular flexibility index (Phi) is 3.89. The number of rotatable bonds is 3. The molecular formula is C15H21N3O3. The van der Waals surface area contributed by atoms with Crippen LogP contribution in [0.15, 0.2) is 6.08 Å². The standard InChI is InChI=1S/C15H21N3O3/c1-10-12(11(2)17(4)16-10)6-7-13(19)18-9-5-8-15(18,3)14(20)21/h6-7H,5,8-9H2,1-4H3,(H,20,21). The zero-order chi connectivity index (χ0) is 15.8. The van der Waals surface area contributed by atoms with Gasteiger partial charge in [0.05, 0.1) is 5.69 Å². The summed E-state index contributed by atoms with van der Waals surface area (Å²) < 4.78 is 1.76. The van der Waals surface area contributed by atoms with Crippen LogP contribution in [0.5, 0.6) is 0 Å². The molecule has 6 nitrogen and oxygen atoms in total. The van der Waals surface area contributed by atoms with Gasteiger partial charge in [-0.2, -0.15) is 5.10 Å². The molecule has 1 unspecified atom stereocenters. The fourth-order valence-electron chi connectivity index (χ4n) is 2.81.